The van der Waals surface area contributed by atoms with E-state index in [9.17, 15) is 4.79 Å². The van der Waals surface area contributed by atoms with Crippen molar-refractivity contribution in [1.29, 1.82) is 0 Å². The van der Waals surface area contributed by atoms with Crippen LogP contribution in [-0.4, -0.2) is 36.8 Å². The van der Waals surface area contributed by atoms with Gasteiger partial charge in [-0.1, -0.05) is 71.7 Å². The lowest BCUT2D eigenvalue weighted by Gasteiger charge is -2.26. The third-order valence-electron chi connectivity index (χ3n) is 7.54. The molecule has 4 aromatic carbocycles. The normalized spacial score (nSPS) is 14.9. The van der Waals surface area contributed by atoms with Crippen LogP contribution in [0.1, 0.15) is 29.0 Å². The Morgan fingerprint density at radius 3 is 2.52 bits per heavy atom. The molecule has 0 aliphatic carbocycles. The monoisotopic (exact) mass is 600 g/mol. The molecule has 6 rings (SSSR count). The molecule has 0 unspecified atom stereocenters. The average Bonchev–Trinajstić information content (AvgIpc) is 3.38. The highest BCUT2D eigenvalue weighted by atomic mass is 35.5. The second-order valence-corrected chi connectivity index (χ2v) is 11.1. The Labute approximate surface area is 254 Å². The number of para-hydroxylation sites is 3. The number of hydrogen-bond donors (Lipinski definition) is 1. The smallest absolute Gasteiger partial charge is 0.221 e. The molecule has 0 saturated carbocycles. The zero-order valence-corrected chi connectivity index (χ0v) is 24.6. The molecule has 1 aromatic heterocycles. The zero-order valence-electron chi connectivity index (χ0n) is 23.1. The van der Waals surface area contributed by atoms with Crippen molar-refractivity contribution in [3.8, 4) is 17.2 Å². The van der Waals surface area contributed by atoms with Crippen molar-refractivity contribution < 1.29 is 19.0 Å². The Morgan fingerprint density at radius 2 is 1.74 bits per heavy atom. The lowest BCUT2D eigenvalue weighted by Crippen LogP contribution is -2.41. The first-order valence-corrected chi connectivity index (χ1v) is 14.5. The molecule has 5 aromatic rings. The number of fused-ring (bicyclic) bond motifs is 2. The number of rotatable bonds is 9. The number of benzene rings is 4. The third-order valence-corrected chi connectivity index (χ3v) is 8.28. The molecule has 1 aliphatic rings. The highest BCUT2D eigenvalue weighted by Crippen LogP contribution is 2.37. The quantitative estimate of drug-likeness (QED) is 0.190. The van der Waals surface area contributed by atoms with E-state index in [2.05, 4.69) is 40.3 Å². The lowest BCUT2D eigenvalue weighted by molar-refractivity contribution is -0.121. The molecular weight excluding hydrogens is 571 g/mol. The molecule has 0 fully saturated rings. The van der Waals surface area contributed by atoms with Gasteiger partial charge in [0.05, 0.1) is 23.7 Å². The minimum absolute atomic E-state index is 0.0967. The van der Waals surface area contributed by atoms with Gasteiger partial charge < -0.3 is 24.1 Å². The molecule has 8 heteroatoms. The van der Waals surface area contributed by atoms with Crippen molar-refractivity contribution >= 4 is 40.0 Å². The van der Waals surface area contributed by atoms with E-state index in [1.54, 1.807) is 13.2 Å². The number of hydrogen-bond acceptors (Lipinski definition) is 4. The van der Waals surface area contributed by atoms with Gasteiger partial charge in [0.15, 0.2) is 11.5 Å². The number of carbonyl (C=O) groups is 1. The summed E-state index contributed by atoms with van der Waals surface area (Å²) >= 11 is 12.7. The van der Waals surface area contributed by atoms with E-state index in [4.69, 9.17) is 37.4 Å². The van der Waals surface area contributed by atoms with Crippen molar-refractivity contribution in [2.45, 2.75) is 25.0 Å². The topological polar surface area (TPSA) is 61.7 Å². The molecular formula is C34H30Cl2N2O4. The molecule has 2 heterocycles. The van der Waals surface area contributed by atoms with E-state index in [0.717, 1.165) is 33.3 Å². The number of amides is 1. The van der Waals surface area contributed by atoms with Crippen molar-refractivity contribution in [3.63, 3.8) is 0 Å². The molecule has 0 saturated heterocycles. The van der Waals surface area contributed by atoms with Gasteiger partial charge in [-0.15, -0.1) is 0 Å². The first-order valence-electron chi connectivity index (χ1n) is 13.8. The third kappa shape index (κ3) is 6.06. The highest BCUT2D eigenvalue weighted by Gasteiger charge is 2.25. The molecule has 214 valence electrons. The summed E-state index contributed by atoms with van der Waals surface area (Å²) in [7, 11) is 1.66. The van der Waals surface area contributed by atoms with Crippen molar-refractivity contribution in [3.05, 3.63) is 124 Å². The minimum atomic E-state index is -0.279. The Morgan fingerprint density at radius 1 is 0.976 bits per heavy atom. The van der Waals surface area contributed by atoms with Crippen molar-refractivity contribution in [1.82, 2.24) is 9.88 Å². The fourth-order valence-electron chi connectivity index (χ4n) is 5.40. The van der Waals surface area contributed by atoms with Crippen molar-refractivity contribution in [2.75, 3.05) is 20.3 Å². The summed E-state index contributed by atoms with van der Waals surface area (Å²) in [5, 5.41) is 5.07. The number of carbonyl (C=O) groups excluding carboxylic acids is 1. The van der Waals surface area contributed by atoms with E-state index >= 15 is 0 Å². The summed E-state index contributed by atoms with van der Waals surface area (Å²) in [6.45, 7) is 1.37. The summed E-state index contributed by atoms with van der Waals surface area (Å²) in [6, 6.07) is 29.4. The largest absolute Gasteiger partial charge is 0.497 e. The average molecular weight is 602 g/mol. The van der Waals surface area contributed by atoms with Gasteiger partial charge in [-0.2, -0.15) is 0 Å². The molecule has 1 amide bonds. The summed E-state index contributed by atoms with van der Waals surface area (Å²) in [5.74, 6) is 1.86. The summed E-state index contributed by atoms with van der Waals surface area (Å²) in [6.07, 6.45) is 2.09. The van der Waals surface area contributed by atoms with E-state index in [1.165, 1.54) is 0 Å². The molecule has 0 bridgehead atoms. The second-order valence-electron chi connectivity index (χ2n) is 10.3. The Kier molecular flexibility index (Phi) is 8.27. The molecule has 42 heavy (non-hydrogen) atoms. The van der Waals surface area contributed by atoms with E-state index in [-0.39, 0.29) is 24.3 Å². The van der Waals surface area contributed by atoms with Crippen LogP contribution in [0.3, 0.4) is 0 Å². The standard InChI is InChI=1S/C34H30Cl2N2O4/c1-40-24-13-10-22(11-14-24)19-38-20-28(26-6-2-3-7-31(26)38)27(23-12-15-29(35)30(36)16-23)17-34(39)37-18-25-21-41-32-8-4-5-9-33(32)42-25/h2-16,20,25,27H,17-19,21H2,1H3,(H,37,39)/t25-,27+/m0/s1. The van der Waals surface area contributed by atoms with E-state index < -0.39 is 0 Å². The number of halogens is 2. The van der Waals surface area contributed by atoms with Crippen LogP contribution in [-0.2, 0) is 11.3 Å². The van der Waals surface area contributed by atoms with Crippen LogP contribution in [0.2, 0.25) is 10.0 Å². The van der Waals surface area contributed by atoms with Gasteiger partial charge in [-0.25, -0.2) is 0 Å². The first kappa shape index (κ1) is 28.0. The fourth-order valence-corrected chi connectivity index (χ4v) is 5.70. The van der Waals surface area contributed by atoms with Gasteiger partial charge in [0.25, 0.3) is 0 Å². The molecule has 1 N–H and O–H groups in total. The van der Waals surface area contributed by atoms with Crippen molar-refractivity contribution in [2.24, 2.45) is 0 Å². The van der Waals surface area contributed by atoms with Gasteiger partial charge in [0.1, 0.15) is 18.5 Å². The fraction of sp³-hybridized carbons (Fsp3) is 0.206. The van der Waals surface area contributed by atoms with Crippen LogP contribution in [0.5, 0.6) is 17.2 Å². The maximum absolute atomic E-state index is 13.4. The number of ether oxygens (including phenoxy) is 3. The highest BCUT2D eigenvalue weighted by molar-refractivity contribution is 6.42. The van der Waals surface area contributed by atoms with Gasteiger partial charge in [0.2, 0.25) is 5.91 Å². The first-order chi connectivity index (χ1) is 20.5. The van der Waals surface area contributed by atoms with Crippen LogP contribution < -0.4 is 19.5 Å². The van der Waals surface area contributed by atoms with Crippen LogP contribution in [0.15, 0.2) is 97.2 Å². The lowest BCUT2D eigenvalue weighted by atomic mass is 9.88. The number of nitrogens with one attached hydrogen (secondary N) is 1. The van der Waals surface area contributed by atoms with Crippen LogP contribution in [0.4, 0.5) is 0 Å². The van der Waals surface area contributed by atoms with Gasteiger partial charge in [-0.3, -0.25) is 4.79 Å². The van der Waals surface area contributed by atoms with Gasteiger partial charge >= 0.3 is 0 Å². The number of aromatic nitrogens is 1. The van der Waals surface area contributed by atoms with Crippen LogP contribution >= 0.6 is 23.2 Å². The molecule has 6 nitrogen and oxygen atoms in total. The zero-order chi connectivity index (χ0) is 29.1. The molecule has 1 aliphatic heterocycles. The Bertz CT molecular complexity index is 1720. The molecule has 0 radical (unpaired) electrons. The minimum Gasteiger partial charge on any atom is -0.497 e. The number of nitrogens with zero attached hydrogens (tertiary/aromatic N) is 1. The maximum atomic E-state index is 13.4. The number of methoxy groups -OCH3 is 1. The predicted octanol–water partition coefficient (Wildman–Crippen LogP) is 7.48. The van der Waals surface area contributed by atoms with Crippen LogP contribution in [0, 0.1) is 0 Å². The van der Waals surface area contributed by atoms with E-state index in [0.29, 0.717) is 41.2 Å². The van der Waals surface area contributed by atoms with Gasteiger partial charge in [0, 0.05) is 36.0 Å². The van der Waals surface area contributed by atoms with Crippen LogP contribution in [0.25, 0.3) is 10.9 Å². The Hall–Kier alpha value is -4.13. The molecule has 0 spiro atoms. The second kappa shape index (κ2) is 12.4. The SMILES string of the molecule is COc1ccc(Cn2cc([C@H](CC(=O)NC[C@H]3COc4ccccc4O3)c3ccc(Cl)c(Cl)c3)c3ccccc32)cc1. The molecule has 2 atom stereocenters. The van der Waals surface area contributed by atoms with Gasteiger partial charge in [-0.05, 0) is 59.2 Å². The maximum Gasteiger partial charge on any atom is 0.221 e. The summed E-state index contributed by atoms with van der Waals surface area (Å²) in [5.41, 5.74) is 4.18. The summed E-state index contributed by atoms with van der Waals surface area (Å²) < 4.78 is 19.4. The summed E-state index contributed by atoms with van der Waals surface area (Å²) in [4.78, 5) is 13.4. The van der Waals surface area contributed by atoms with E-state index in [1.807, 2.05) is 60.7 Å². The Balaban J connectivity index is 1.27. The predicted molar refractivity (Wildman–Crippen MR) is 166 cm³/mol.